The van der Waals surface area contributed by atoms with Crippen LogP contribution in [0.1, 0.15) is 26.7 Å². The molecule has 1 aliphatic rings. The van der Waals surface area contributed by atoms with E-state index in [9.17, 15) is 14.9 Å². The van der Waals surface area contributed by atoms with Gasteiger partial charge in [-0.15, -0.1) is 0 Å². The summed E-state index contributed by atoms with van der Waals surface area (Å²) in [6.07, 6.45) is 0.867. The molecule has 0 spiro atoms. The molecule has 0 radical (unpaired) electrons. The second-order valence-corrected chi connectivity index (χ2v) is 9.63. The third kappa shape index (κ3) is 3.67. The van der Waals surface area contributed by atoms with E-state index in [2.05, 4.69) is 19.8 Å². The molecule has 0 aliphatic carbocycles. The van der Waals surface area contributed by atoms with Crippen molar-refractivity contribution in [3.8, 4) is 0 Å². The van der Waals surface area contributed by atoms with Crippen LogP contribution in [0.2, 0.25) is 0 Å². The number of carbonyl (C=O) groups is 1. The van der Waals surface area contributed by atoms with Crippen LogP contribution in [0.15, 0.2) is 4.99 Å². The number of rotatable bonds is 3. The maximum absolute atomic E-state index is 11.5. The van der Waals surface area contributed by atoms with Gasteiger partial charge in [-0.1, -0.05) is 13.8 Å². The monoisotopic (exact) mass is 326 g/mol. The van der Waals surface area contributed by atoms with E-state index in [1.54, 1.807) is 0 Å². The zero-order valence-electron chi connectivity index (χ0n) is 9.72. The van der Waals surface area contributed by atoms with Crippen molar-refractivity contribution in [3.05, 3.63) is 10.1 Å². The summed E-state index contributed by atoms with van der Waals surface area (Å²) >= 11 is 3.10. The van der Waals surface area contributed by atoms with E-state index >= 15 is 0 Å². The molecular formula is C9H15BrN2O4S. The molecule has 0 saturated heterocycles. The lowest BCUT2D eigenvalue weighted by atomic mass is 10.1. The number of hydrogen-bond acceptors (Lipinski definition) is 5. The molecule has 1 rings (SSSR count). The number of halogens is 1. The molecule has 0 bridgehead atoms. The fraction of sp³-hybridized carbons (Fsp3) is 0.778. The lowest BCUT2D eigenvalue weighted by molar-refractivity contribution is -0.290. The Morgan fingerprint density at radius 3 is 2.88 bits per heavy atom. The Hall–Kier alpha value is -0.630. The highest BCUT2D eigenvalue weighted by molar-refractivity contribution is 9.59. The van der Waals surface area contributed by atoms with Gasteiger partial charge in [0.25, 0.3) is 0 Å². The van der Waals surface area contributed by atoms with Crippen molar-refractivity contribution in [2.24, 2.45) is 10.9 Å². The van der Waals surface area contributed by atoms with Gasteiger partial charge < -0.3 is 4.74 Å². The summed E-state index contributed by atoms with van der Waals surface area (Å²) in [7, 11) is -2.49. The average molecular weight is 327 g/mol. The summed E-state index contributed by atoms with van der Waals surface area (Å²) < 4.78 is 4.62. The van der Waals surface area contributed by atoms with Gasteiger partial charge in [-0.25, -0.2) is 4.99 Å². The highest BCUT2D eigenvalue weighted by atomic mass is 79.9. The van der Waals surface area contributed by atoms with Crippen molar-refractivity contribution in [3.63, 3.8) is 0 Å². The van der Waals surface area contributed by atoms with Crippen molar-refractivity contribution < 1.29 is 13.9 Å². The molecule has 1 aliphatic heterocycles. The van der Waals surface area contributed by atoms with E-state index in [1.807, 2.05) is 13.8 Å². The Morgan fingerprint density at radius 1 is 1.71 bits per heavy atom. The molecule has 6 nitrogen and oxygen atoms in total. The van der Waals surface area contributed by atoms with Crippen LogP contribution in [-0.2, 0) is 9.53 Å². The quantitative estimate of drug-likeness (QED) is 0.453. The largest absolute Gasteiger partial charge is 0.397 e. The first-order chi connectivity index (χ1) is 7.86. The van der Waals surface area contributed by atoms with Crippen LogP contribution in [0.3, 0.4) is 0 Å². The minimum Gasteiger partial charge on any atom is -0.397 e. The summed E-state index contributed by atoms with van der Waals surface area (Å²) in [5.41, 5.74) is 0. The van der Waals surface area contributed by atoms with Crippen molar-refractivity contribution in [1.82, 2.24) is 0 Å². The highest BCUT2D eigenvalue weighted by Crippen LogP contribution is 2.59. The molecular weight excluding hydrogens is 312 g/mol. The summed E-state index contributed by atoms with van der Waals surface area (Å²) in [5.74, 6) is 0.0502. The minimum atomic E-state index is -2.49. The van der Waals surface area contributed by atoms with Crippen LogP contribution < -0.4 is 0 Å². The Morgan fingerprint density at radius 2 is 2.35 bits per heavy atom. The van der Waals surface area contributed by atoms with Crippen LogP contribution in [0.4, 0.5) is 0 Å². The van der Waals surface area contributed by atoms with Crippen LogP contribution in [-0.4, -0.2) is 27.8 Å². The van der Waals surface area contributed by atoms with Crippen LogP contribution in [0, 0.1) is 16.0 Å². The van der Waals surface area contributed by atoms with E-state index < -0.39 is 18.9 Å². The smallest absolute Gasteiger partial charge is 0.313 e. The second kappa shape index (κ2) is 5.81. The molecule has 0 aromatic rings. The lowest BCUT2D eigenvalue weighted by Crippen LogP contribution is -2.27. The normalized spacial score (nSPS) is 28.1. The molecule has 0 fully saturated rings. The number of hydrogen-bond donors (Lipinski definition) is 0. The molecule has 0 aromatic heterocycles. The fourth-order valence-electron chi connectivity index (χ4n) is 1.32. The molecule has 0 N–H and O–H groups in total. The van der Waals surface area contributed by atoms with Crippen molar-refractivity contribution in [2.75, 3.05) is 12.3 Å². The molecule has 1 atom stereocenters. The van der Waals surface area contributed by atoms with Gasteiger partial charge >= 0.3 is 11.2 Å². The number of nitrogens with zero attached hydrogens (tertiary/aromatic N) is 2. The molecule has 1 heterocycles. The third-order valence-corrected chi connectivity index (χ3v) is 6.65. The molecule has 17 heavy (non-hydrogen) atoms. The second-order valence-electron chi connectivity index (χ2n) is 4.12. The lowest BCUT2D eigenvalue weighted by Gasteiger charge is -2.26. The molecule has 98 valence electrons. The Balaban J connectivity index is 2.77. The first-order valence-corrected chi connectivity index (χ1v) is 8.87. The number of ether oxygens (including phenoxy) is 1. The van der Waals surface area contributed by atoms with Gasteiger partial charge in [0.15, 0.2) is 8.65 Å². The van der Waals surface area contributed by atoms with Gasteiger partial charge in [0.1, 0.15) is 0 Å². The molecule has 8 heteroatoms. The van der Waals surface area contributed by atoms with Gasteiger partial charge in [0, 0.05) is 13.0 Å². The van der Waals surface area contributed by atoms with Gasteiger partial charge in [-0.05, 0) is 12.3 Å². The van der Waals surface area contributed by atoms with Crippen molar-refractivity contribution in [1.29, 1.82) is 0 Å². The molecule has 0 saturated carbocycles. The standard InChI is InChI=1S/C9H15BrN2O4S/c1-7(2)6-8(13)16-9-11-4-3-5-17(9,10)12(14)15/h7H,3-6H2,1-2H3. The number of carbonyl (C=O) groups excluding carboxylic acids is 1. The van der Waals surface area contributed by atoms with E-state index in [0.29, 0.717) is 18.7 Å². The number of esters is 1. The summed E-state index contributed by atoms with van der Waals surface area (Å²) in [4.78, 5) is 26.5. The Bertz CT molecular complexity index is 361. The molecule has 0 amide bonds. The topological polar surface area (TPSA) is 81.8 Å². The Labute approximate surface area is 109 Å². The Kier molecular flexibility index (Phi) is 4.93. The van der Waals surface area contributed by atoms with Gasteiger partial charge in [-0.3, -0.25) is 14.9 Å². The maximum Gasteiger partial charge on any atom is 0.313 e. The van der Waals surface area contributed by atoms with Crippen molar-refractivity contribution in [2.45, 2.75) is 26.7 Å². The average Bonchev–Trinajstić information content (AvgIpc) is 2.20. The third-order valence-electron chi connectivity index (χ3n) is 2.09. The van der Waals surface area contributed by atoms with Gasteiger partial charge in [0.05, 0.1) is 24.9 Å². The van der Waals surface area contributed by atoms with E-state index in [4.69, 9.17) is 4.74 Å². The predicted octanol–water partition coefficient (Wildman–Crippen LogP) is 2.64. The fourth-order valence-corrected chi connectivity index (χ4v) is 3.98. The first kappa shape index (κ1) is 14.4. The van der Waals surface area contributed by atoms with Gasteiger partial charge in [0.2, 0.25) is 0 Å². The highest BCUT2D eigenvalue weighted by Gasteiger charge is 2.44. The SMILES string of the molecule is CC(C)CC(=O)OC1=NCCCS1(Br)[N+](=O)[O-]. The summed E-state index contributed by atoms with van der Waals surface area (Å²) in [5, 5.41) is 11.0. The zero-order valence-corrected chi connectivity index (χ0v) is 12.1. The van der Waals surface area contributed by atoms with Crippen LogP contribution >= 0.6 is 23.5 Å². The molecule has 0 aromatic carbocycles. The summed E-state index contributed by atoms with van der Waals surface area (Å²) in [6, 6.07) is 0. The van der Waals surface area contributed by atoms with Crippen molar-refractivity contribution >= 4 is 34.7 Å². The summed E-state index contributed by atoms with van der Waals surface area (Å²) in [6.45, 7) is 4.23. The van der Waals surface area contributed by atoms with Crippen LogP contribution in [0.5, 0.6) is 0 Å². The van der Waals surface area contributed by atoms with E-state index in [0.717, 1.165) is 0 Å². The minimum absolute atomic E-state index is 0.0422. The van der Waals surface area contributed by atoms with Crippen LogP contribution in [0.25, 0.3) is 0 Å². The predicted molar refractivity (Wildman–Crippen MR) is 70.8 cm³/mol. The molecule has 1 unspecified atom stereocenters. The van der Waals surface area contributed by atoms with E-state index in [1.165, 1.54) is 0 Å². The van der Waals surface area contributed by atoms with Gasteiger partial charge in [-0.2, -0.15) is 0 Å². The maximum atomic E-state index is 11.5. The van der Waals surface area contributed by atoms with E-state index in [-0.39, 0.29) is 17.6 Å². The number of nitro groups is 1. The number of aliphatic imine (C=N–C) groups is 1. The first-order valence-electron chi connectivity index (χ1n) is 5.26. The zero-order chi connectivity index (χ0) is 13.1.